The molecule has 0 aromatic heterocycles. The first-order chi connectivity index (χ1) is 9.11. The van der Waals surface area contributed by atoms with Crippen LogP contribution in [0.1, 0.15) is 33.3 Å². The number of hydrogen-bond donors (Lipinski definition) is 3. The van der Waals surface area contributed by atoms with Crippen LogP contribution in [0.5, 0.6) is 0 Å². The van der Waals surface area contributed by atoms with Crippen LogP contribution in [0.25, 0.3) is 0 Å². The van der Waals surface area contributed by atoms with E-state index in [0.717, 1.165) is 5.56 Å². The Hall–Kier alpha value is -1.59. The lowest BCUT2D eigenvalue weighted by atomic mass is 9.95. The van der Waals surface area contributed by atoms with Crippen LogP contribution < -0.4 is 16.4 Å². The third-order valence-electron chi connectivity index (χ3n) is 2.85. The highest BCUT2D eigenvalue weighted by Crippen LogP contribution is 2.23. The van der Waals surface area contributed by atoms with Crippen LogP contribution in [0.4, 0.5) is 11.4 Å². The average Bonchev–Trinajstić information content (AvgIpc) is 2.31. The van der Waals surface area contributed by atoms with Crippen LogP contribution in [0.3, 0.4) is 0 Å². The van der Waals surface area contributed by atoms with Crippen LogP contribution in [-0.2, 0) is 9.59 Å². The summed E-state index contributed by atoms with van der Waals surface area (Å²) in [5, 5.41) is 5.58. The Balaban J connectivity index is 0.00000400. The van der Waals surface area contributed by atoms with Gasteiger partial charge in [0.2, 0.25) is 11.8 Å². The third-order valence-corrected chi connectivity index (χ3v) is 2.85. The van der Waals surface area contributed by atoms with Crippen molar-refractivity contribution in [1.29, 1.82) is 0 Å². The molecule has 0 radical (unpaired) electrons. The molecule has 0 aliphatic carbocycles. The van der Waals surface area contributed by atoms with E-state index in [-0.39, 0.29) is 24.2 Å². The van der Waals surface area contributed by atoms with Gasteiger partial charge in [0.1, 0.15) is 0 Å². The Morgan fingerprint density at radius 3 is 2.24 bits per heavy atom. The van der Waals surface area contributed by atoms with E-state index in [1.165, 1.54) is 0 Å². The maximum atomic E-state index is 12.0. The lowest BCUT2D eigenvalue weighted by Gasteiger charge is -2.19. The van der Waals surface area contributed by atoms with Crippen molar-refractivity contribution in [3.05, 3.63) is 23.8 Å². The molecule has 0 spiro atoms. The predicted octanol–water partition coefficient (Wildman–Crippen LogP) is 2.69. The number of hydrogen-bond acceptors (Lipinski definition) is 3. The number of benzene rings is 1. The zero-order chi connectivity index (χ0) is 15.5. The van der Waals surface area contributed by atoms with Gasteiger partial charge in [0.25, 0.3) is 0 Å². The van der Waals surface area contributed by atoms with Gasteiger partial charge in [-0.25, -0.2) is 0 Å². The second kappa shape index (κ2) is 7.43. The topological polar surface area (TPSA) is 84.2 Å². The fourth-order valence-corrected chi connectivity index (χ4v) is 1.40. The number of nitrogens with one attached hydrogen (secondary N) is 2. The minimum Gasteiger partial charge on any atom is -0.325 e. The second-order valence-electron chi connectivity index (χ2n) is 6.01. The van der Waals surface area contributed by atoms with Crippen molar-refractivity contribution in [1.82, 2.24) is 0 Å². The molecule has 2 amide bonds. The molecule has 1 aromatic rings. The molecule has 6 heteroatoms. The zero-order valence-corrected chi connectivity index (χ0v) is 13.9. The van der Waals surface area contributed by atoms with Gasteiger partial charge in [-0.15, -0.1) is 12.4 Å². The maximum absolute atomic E-state index is 12.0. The summed E-state index contributed by atoms with van der Waals surface area (Å²) in [5.41, 5.74) is 7.27. The second-order valence-corrected chi connectivity index (χ2v) is 6.01. The molecule has 1 aromatic carbocycles. The van der Waals surface area contributed by atoms with E-state index in [1.807, 2.05) is 33.8 Å². The van der Waals surface area contributed by atoms with Crippen molar-refractivity contribution in [2.75, 3.05) is 10.6 Å². The number of anilines is 2. The molecule has 0 unspecified atom stereocenters. The molecule has 0 saturated carbocycles. The van der Waals surface area contributed by atoms with E-state index < -0.39 is 11.5 Å². The van der Waals surface area contributed by atoms with Gasteiger partial charge in [-0.1, -0.05) is 26.8 Å². The van der Waals surface area contributed by atoms with Crippen LogP contribution in [0, 0.1) is 12.3 Å². The zero-order valence-electron chi connectivity index (χ0n) is 13.1. The van der Waals surface area contributed by atoms with Crippen molar-refractivity contribution in [3.63, 3.8) is 0 Å². The van der Waals surface area contributed by atoms with Gasteiger partial charge in [-0.2, -0.15) is 0 Å². The van der Waals surface area contributed by atoms with Gasteiger partial charge < -0.3 is 16.4 Å². The smallest absolute Gasteiger partial charge is 0.240 e. The van der Waals surface area contributed by atoms with E-state index in [9.17, 15) is 9.59 Å². The van der Waals surface area contributed by atoms with Crippen molar-refractivity contribution in [2.45, 2.75) is 40.7 Å². The van der Waals surface area contributed by atoms with Crippen molar-refractivity contribution in [2.24, 2.45) is 11.1 Å². The molecule has 1 atom stereocenters. The standard InChI is InChI=1S/C15H23N3O2.ClH/c1-9-6-7-11(17-13(19)10(2)16)8-12(9)18-14(20)15(3,4)5;/h6-8,10H,16H2,1-5H3,(H,17,19)(H,18,20);1H/t10-;/m0./s1. The highest BCUT2D eigenvalue weighted by molar-refractivity contribution is 5.98. The number of rotatable bonds is 3. The first-order valence-corrected chi connectivity index (χ1v) is 6.60. The average molecular weight is 314 g/mol. The highest BCUT2D eigenvalue weighted by Gasteiger charge is 2.21. The van der Waals surface area contributed by atoms with Gasteiger partial charge in [0, 0.05) is 16.8 Å². The van der Waals surface area contributed by atoms with Gasteiger partial charge >= 0.3 is 0 Å². The lowest BCUT2D eigenvalue weighted by Crippen LogP contribution is -2.32. The van der Waals surface area contributed by atoms with E-state index in [4.69, 9.17) is 5.73 Å². The summed E-state index contributed by atoms with van der Waals surface area (Å²) in [6.07, 6.45) is 0. The van der Waals surface area contributed by atoms with E-state index in [0.29, 0.717) is 11.4 Å². The third kappa shape index (κ3) is 5.73. The molecular formula is C15H24ClN3O2. The molecule has 0 saturated heterocycles. The fraction of sp³-hybridized carbons (Fsp3) is 0.467. The molecule has 0 aliphatic heterocycles. The molecule has 0 heterocycles. The maximum Gasteiger partial charge on any atom is 0.240 e. The Bertz CT molecular complexity index is 522. The summed E-state index contributed by atoms with van der Waals surface area (Å²) >= 11 is 0. The van der Waals surface area contributed by atoms with Gasteiger partial charge in [0.15, 0.2) is 0 Å². The molecule has 0 aliphatic rings. The molecule has 21 heavy (non-hydrogen) atoms. The number of halogens is 1. The summed E-state index contributed by atoms with van der Waals surface area (Å²) < 4.78 is 0. The minimum atomic E-state index is -0.580. The van der Waals surface area contributed by atoms with Crippen LogP contribution in [0.15, 0.2) is 18.2 Å². The summed E-state index contributed by atoms with van der Waals surface area (Å²) in [6, 6.07) is 4.78. The first kappa shape index (κ1) is 19.4. The number of carbonyl (C=O) groups excluding carboxylic acids is 2. The van der Waals surface area contributed by atoms with Crippen molar-refractivity contribution < 1.29 is 9.59 Å². The Morgan fingerprint density at radius 1 is 1.19 bits per heavy atom. The number of aryl methyl sites for hydroxylation is 1. The summed E-state index contributed by atoms with van der Waals surface area (Å²) in [4.78, 5) is 23.6. The molecule has 4 N–H and O–H groups in total. The summed E-state index contributed by atoms with van der Waals surface area (Å²) in [6.45, 7) is 9.05. The number of carbonyl (C=O) groups is 2. The normalized spacial score (nSPS) is 12.1. The molecule has 5 nitrogen and oxygen atoms in total. The van der Waals surface area contributed by atoms with E-state index >= 15 is 0 Å². The van der Waals surface area contributed by atoms with Crippen molar-refractivity contribution >= 4 is 35.6 Å². The minimum absolute atomic E-state index is 0. The quantitative estimate of drug-likeness (QED) is 0.802. The van der Waals surface area contributed by atoms with Crippen LogP contribution in [-0.4, -0.2) is 17.9 Å². The first-order valence-electron chi connectivity index (χ1n) is 6.60. The van der Waals surface area contributed by atoms with Gasteiger partial charge in [0.05, 0.1) is 6.04 Å². The van der Waals surface area contributed by atoms with E-state index in [2.05, 4.69) is 10.6 Å². The largest absolute Gasteiger partial charge is 0.325 e. The van der Waals surface area contributed by atoms with Crippen LogP contribution in [0.2, 0.25) is 0 Å². The van der Waals surface area contributed by atoms with E-state index in [1.54, 1.807) is 19.1 Å². The summed E-state index contributed by atoms with van der Waals surface area (Å²) in [5.74, 6) is -0.335. The molecule has 0 bridgehead atoms. The highest BCUT2D eigenvalue weighted by atomic mass is 35.5. The Kier molecular flexibility index (Phi) is 6.86. The Labute approximate surface area is 132 Å². The SMILES string of the molecule is Cc1ccc(NC(=O)[C@H](C)N)cc1NC(=O)C(C)(C)C.Cl. The molecule has 118 valence electrons. The fourth-order valence-electron chi connectivity index (χ4n) is 1.40. The number of amides is 2. The van der Waals surface area contributed by atoms with Crippen molar-refractivity contribution in [3.8, 4) is 0 Å². The molecular weight excluding hydrogens is 290 g/mol. The lowest BCUT2D eigenvalue weighted by molar-refractivity contribution is -0.123. The summed E-state index contributed by atoms with van der Waals surface area (Å²) in [7, 11) is 0. The van der Waals surface area contributed by atoms with Crippen LogP contribution >= 0.6 is 12.4 Å². The monoisotopic (exact) mass is 313 g/mol. The molecule has 1 rings (SSSR count). The molecule has 0 fully saturated rings. The number of nitrogens with two attached hydrogens (primary N) is 1. The predicted molar refractivity (Wildman–Crippen MR) is 88.8 cm³/mol. The Morgan fingerprint density at radius 2 is 1.76 bits per heavy atom. The van der Waals surface area contributed by atoms with Gasteiger partial charge in [-0.05, 0) is 31.5 Å². The van der Waals surface area contributed by atoms with Gasteiger partial charge in [-0.3, -0.25) is 9.59 Å².